The molecule has 0 aromatic rings. The Hall–Kier alpha value is 0.519. The molecule has 0 N–H and O–H groups in total. The van der Waals surface area contributed by atoms with Crippen LogP contribution in [0, 0.1) is 0 Å². The fraction of sp³-hybridized carbons (Fsp3) is 0.333. The van der Waals surface area contributed by atoms with E-state index in [4.69, 9.17) is 0 Å². The number of hydrogen-bond donors (Lipinski definition) is 0. The summed E-state index contributed by atoms with van der Waals surface area (Å²) in [6.07, 6.45) is 3.32. The zero-order valence-corrected chi connectivity index (χ0v) is 10.9. The molecule has 0 fully saturated rings. The first-order chi connectivity index (χ1) is 7.35. The second-order valence-electron chi connectivity index (χ2n) is 4.74. The van der Waals surface area contributed by atoms with E-state index in [0.717, 1.165) is 6.49 Å². The first kappa shape index (κ1) is 15.5. The fourth-order valence-corrected chi connectivity index (χ4v) is 2.24. The molecule has 0 aliphatic carbocycles. The lowest BCUT2D eigenvalue weighted by Crippen LogP contribution is -2.40. The van der Waals surface area contributed by atoms with Gasteiger partial charge in [-0.1, -0.05) is 6.32 Å². The van der Waals surface area contributed by atoms with Gasteiger partial charge in [0.1, 0.15) is 0 Å². The topological polar surface area (TPSA) is 0 Å². The van der Waals surface area contributed by atoms with Crippen LogP contribution >= 0.6 is 0 Å². The molecule has 66 valence electrons. The third-order valence-corrected chi connectivity index (χ3v) is 3.16. The molecule has 0 aliphatic heterocycles. The largest absolute Gasteiger partial charge is 0.104 e. The van der Waals surface area contributed by atoms with Crippen molar-refractivity contribution in [1.29, 1.82) is 0 Å². The number of rotatable bonds is 11. The highest BCUT2D eigenvalue weighted by molar-refractivity contribution is 7.73. The number of allylic oxidation sites excluding steroid dienone is 1. The summed E-state index contributed by atoms with van der Waals surface area (Å²) < 4.78 is 0. The van der Waals surface area contributed by atoms with E-state index in [2.05, 4.69) is 28.1 Å². The van der Waals surface area contributed by atoms with Crippen LogP contribution in [0.3, 0.4) is 0 Å². The Labute approximate surface area is 105 Å². The Morgan fingerprint density at radius 2 is 1.60 bits per heavy atom. The van der Waals surface area contributed by atoms with Crippen LogP contribution in [0.2, 0.25) is 6.32 Å². The normalized spacial score (nSPS) is 7.73. The van der Waals surface area contributed by atoms with Gasteiger partial charge in [-0.25, -0.2) is 0 Å². The molecule has 0 saturated carbocycles. The minimum Gasteiger partial charge on any atom is -0.104 e. The molecule has 15 heavy (non-hydrogen) atoms. The maximum Gasteiger partial charge on any atom is 0.0605 e. The van der Waals surface area contributed by atoms with Crippen molar-refractivity contribution in [3.8, 4) is 0 Å². The van der Waals surface area contributed by atoms with Gasteiger partial charge in [-0.15, -0.1) is 12.7 Å². The van der Waals surface area contributed by atoms with Crippen molar-refractivity contribution in [2.45, 2.75) is 6.32 Å². The highest BCUT2D eigenvalue weighted by Crippen LogP contribution is 1.87. The van der Waals surface area contributed by atoms with Gasteiger partial charge < -0.3 is 0 Å². The van der Waals surface area contributed by atoms with Crippen LogP contribution in [0.5, 0.6) is 0 Å². The van der Waals surface area contributed by atoms with E-state index in [1.165, 1.54) is 69.9 Å². The third-order valence-electron chi connectivity index (χ3n) is 3.16. The number of hydrogen-bond acceptors (Lipinski definition) is 0. The second-order valence-corrected chi connectivity index (χ2v) is 4.74. The predicted octanol–water partition coefficient (Wildman–Crippen LogP) is -6.91. The molecule has 0 amide bonds. The molecule has 0 bridgehead atoms. The van der Waals surface area contributed by atoms with Crippen LogP contribution in [-0.4, -0.2) is 85.5 Å². The minimum atomic E-state index is 0.915. The molecule has 0 radical (unpaired) electrons. The standard InChI is InChI=1S/C3H18B12/c1-2-3-15(13-7-5)14-12-11-10-9-8-6-4/h2,6-14H,1,3-5H2. The first-order valence-electron chi connectivity index (χ1n) is 6.96. The summed E-state index contributed by atoms with van der Waals surface area (Å²) in [5, 5.41) is 0. The maximum absolute atomic E-state index is 3.85. The van der Waals surface area contributed by atoms with Crippen LogP contribution in [0.15, 0.2) is 12.7 Å². The monoisotopic (exact) mass is 186 g/mol. The SMILES string of the molecule is BBBBBBBBB(BBB)CC=C. The van der Waals surface area contributed by atoms with Crippen molar-refractivity contribution in [3.05, 3.63) is 12.7 Å². The Balaban J connectivity index is 3.32. The smallest absolute Gasteiger partial charge is 0.0605 e. The molecule has 0 aliphatic rings. The third kappa shape index (κ3) is 10.8. The van der Waals surface area contributed by atoms with Gasteiger partial charge in [0.2, 0.25) is 0 Å². The van der Waals surface area contributed by atoms with E-state index in [9.17, 15) is 0 Å². The zero-order chi connectivity index (χ0) is 11.4. The molecule has 0 nitrogen and oxygen atoms in total. The van der Waals surface area contributed by atoms with Crippen LogP contribution < -0.4 is 0 Å². The Kier molecular flexibility index (Phi) is 13.0. The van der Waals surface area contributed by atoms with E-state index in [0.29, 0.717) is 0 Å². The van der Waals surface area contributed by atoms with Crippen molar-refractivity contribution in [2.24, 2.45) is 0 Å². The van der Waals surface area contributed by atoms with Crippen molar-refractivity contribution >= 4 is 85.5 Å². The van der Waals surface area contributed by atoms with Crippen molar-refractivity contribution in [3.63, 3.8) is 0 Å². The van der Waals surface area contributed by atoms with Gasteiger partial charge in [-0.2, -0.15) is 0 Å². The summed E-state index contributed by atoms with van der Waals surface area (Å²) in [5.41, 5.74) is 0. The fourth-order valence-electron chi connectivity index (χ4n) is 2.24. The van der Waals surface area contributed by atoms with Gasteiger partial charge in [-0.3, -0.25) is 0 Å². The van der Waals surface area contributed by atoms with Crippen molar-refractivity contribution in [1.82, 2.24) is 0 Å². The Morgan fingerprint density at radius 3 is 2.20 bits per heavy atom. The quantitative estimate of drug-likeness (QED) is 0.170. The summed E-state index contributed by atoms with van der Waals surface area (Å²) in [5.74, 6) is 0. The average molecular weight is 184 g/mol. The summed E-state index contributed by atoms with van der Waals surface area (Å²) in [7, 11) is 17.2. The van der Waals surface area contributed by atoms with Crippen molar-refractivity contribution in [2.75, 3.05) is 0 Å². The molecule has 0 rings (SSSR count). The van der Waals surface area contributed by atoms with E-state index >= 15 is 0 Å². The van der Waals surface area contributed by atoms with E-state index in [1.807, 2.05) is 0 Å². The average Bonchev–Trinajstić information content (AvgIpc) is 2.24. The summed E-state index contributed by atoms with van der Waals surface area (Å²) >= 11 is 0. The molecule has 0 spiro atoms. The first-order valence-corrected chi connectivity index (χ1v) is 6.96. The molecule has 0 aromatic carbocycles. The highest BCUT2D eigenvalue weighted by atomic mass is 13.5. The summed E-state index contributed by atoms with van der Waals surface area (Å²) in [6.45, 7) is 4.77. The van der Waals surface area contributed by atoms with E-state index < -0.39 is 0 Å². The molecule has 12 heteroatoms. The lowest BCUT2D eigenvalue weighted by atomic mass is 8.82. The molecule has 0 aromatic heterocycles. The lowest BCUT2D eigenvalue weighted by Gasteiger charge is -2.06. The van der Waals surface area contributed by atoms with Gasteiger partial charge in [0, 0.05) is 63.5 Å². The lowest BCUT2D eigenvalue weighted by molar-refractivity contribution is 1.74. The van der Waals surface area contributed by atoms with Gasteiger partial charge in [0.05, 0.1) is 22.0 Å². The van der Waals surface area contributed by atoms with Crippen LogP contribution in [0.25, 0.3) is 0 Å². The highest BCUT2D eigenvalue weighted by Gasteiger charge is 2.12. The molecular formula is C3H18B12. The summed E-state index contributed by atoms with van der Waals surface area (Å²) in [6, 6.07) is 0. The van der Waals surface area contributed by atoms with Crippen molar-refractivity contribution < 1.29 is 0 Å². The van der Waals surface area contributed by atoms with E-state index in [1.54, 1.807) is 0 Å². The van der Waals surface area contributed by atoms with Crippen LogP contribution in [0.1, 0.15) is 0 Å². The molecule has 0 heterocycles. The predicted molar refractivity (Wildman–Crippen MR) is 102 cm³/mol. The molecule has 0 unspecified atom stereocenters. The van der Waals surface area contributed by atoms with Gasteiger partial charge >= 0.3 is 0 Å². The molecule has 0 atom stereocenters. The minimum absolute atomic E-state index is 0.915. The Bertz CT molecular complexity index is 137. The second kappa shape index (κ2) is 12.6. The van der Waals surface area contributed by atoms with Gasteiger partial charge in [0.15, 0.2) is 0 Å². The maximum atomic E-state index is 3.85. The van der Waals surface area contributed by atoms with Gasteiger partial charge in [0.25, 0.3) is 0 Å². The summed E-state index contributed by atoms with van der Waals surface area (Å²) in [4.78, 5) is 0. The van der Waals surface area contributed by atoms with E-state index in [-0.39, 0.29) is 0 Å². The van der Waals surface area contributed by atoms with Gasteiger partial charge in [-0.05, 0) is 0 Å². The van der Waals surface area contributed by atoms with Crippen LogP contribution in [0.4, 0.5) is 0 Å². The Morgan fingerprint density at radius 1 is 0.933 bits per heavy atom. The zero-order valence-electron chi connectivity index (χ0n) is 10.9. The molecular weight excluding hydrogens is 166 g/mol. The van der Waals surface area contributed by atoms with Crippen LogP contribution in [-0.2, 0) is 0 Å². The molecule has 0 saturated heterocycles.